The number of nitrogens with one attached hydrogen (secondary N) is 1. The van der Waals surface area contributed by atoms with Gasteiger partial charge in [0.2, 0.25) is 0 Å². The molecule has 0 fully saturated rings. The normalized spacial score (nSPS) is 9.50. The molecule has 2 N–H and O–H groups in total. The third-order valence-corrected chi connectivity index (χ3v) is 2.67. The fraction of sp³-hybridized carbons (Fsp3) is 0.125. The zero-order chi connectivity index (χ0) is 14.4. The topological polar surface area (TPSA) is 62.2 Å². The molecule has 0 atom stereocenters. The fourth-order valence-corrected chi connectivity index (χ4v) is 1.70. The van der Waals surface area contributed by atoms with Crippen LogP contribution in [0, 0.1) is 18.8 Å². The van der Waals surface area contributed by atoms with Crippen LogP contribution in [-0.2, 0) is 0 Å². The van der Waals surface area contributed by atoms with E-state index >= 15 is 0 Å². The largest absolute Gasteiger partial charge is 0.384 e. The SMILES string of the molecule is Cc1ccc(NC(=O)c2ccncc2)c(C#CCO)c1. The van der Waals surface area contributed by atoms with Gasteiger partial charge in [-0.05, 0) is 36.8 Å². The summed E-state index contributed by atoms with van der Waals surface area (Å²) in [5, 5.41) is 11.6. The number of carbonyl (C=O) groups is 1. The molecule has 2 rings (SSSR count). The quantitative estimate of drug-likeness (QED) is 0.817. The molecule has 1 aromatic carbocycles. The Bertz CT molecular complexity index is 670. The lowest BCUT2D eigenvalue weighted by atomic mass is 10.1. The smallest absolute Gasteiger partial charge is 0.255 e. The molecule has 0 aliphatic carbocycles. The molecule has 0 spiro atoms. The molecule has 4 heteroatoms. The van der Waals surface area contributed by atoms with E-state index in [4.69, 9.17) is 5.11 Å². The van der Waals surface area contributed by atoms with E-state index in [-0.39, 0.29) is 12.5 Å². The van der Waals surface area contributed by atoms with Crippen molar-refractivity contribution in [1.82, 2.24) is 4.98 Å². The van der Waals surface area contributed by atoms with Gasteiger partial charge < -0.3 is 10.4 Å². The van der Waals surface area contributed by atoms with Crippen molar-refractivity contribution in [2.75, 3.05) is 11.9 Å². The van der Waals surface area contributed by atoms with Crippen molar-refractivity contribution in [3.8, 4) is 11.8 Å². The van der Waals surface area contributed by atoms with Crippen molar-refractivity contribution in [1.29, 1.82) is 0 Å². The summed E-state index contributed by atoms with van der Waals surface area (Å²) < 4.78 is 0. The molecule has 20 heavy (non-hydrogen) atoms. The number of hydrogen-bond acceptors (Lipinski definition) is 3. The third-order valence-electron chi connectivity index (χ3n) is 2.67. The number of carbonyl (C=O) groups excluding carboxylic acids is 1. The van der Waals surface area contributed by atoms with Gasteiger partial charge in [-0.1, -0.05) is 17.9 Å². The first kappa shape index (κ1) is 13.8. The van der Waals surface area contributed by atoms with Crippen LogP contribution in [-0.4, -0.2) is 22.6 Å². The van der Waals surface area contributed by atoms with E-state index in [0.717, 1.165) is 5.56 Å². The number of aliphatic hydroxyl groups is 1. The van der Waals surface area contributed by atoms with E-state index in [2.05, 4.69) is 22.1 Å². The molecular weight excluding hydrogens is 252 g/mol. The second-order valence-corrected chi connectivity index (χ2v) is 4.20. The molecule has 0 saturated carbocycles. The van der Waals surface area contributed by atoms with Crippen LogP contribution in [0.2, 0.25) is 0 Å². The molecule has 0 radical (unpaired) electrons. The second kappa shape index (κ2) is 6.50. The maximum atomic E-state index is 12.1. The van der Waals surface area contributed by atoms with E-state index in [9.17, 15) is 4.79 Å². The van der Waals surface area contributed by atoms with Crippen LogP contribution in [0.1, 0.15) is 21.5 Å². The van der Waals surface area contributed by atoms with Gasteiger partial charge in [-0.15, -0.1) is 0 Å². The molecule has 0 bridgehead atoms. The van der Waals surface area contributed by atoms with Crippen LogP contribution in [0.15, 0.2) is 42.7 Å². The first-order valence-electron chi connectivity index (χ1n) is 6.12. The van der Waals surface area contributed by atoms with Gasteiger partial charge in [0.1, 0.15) is 6.61 Å². The van der Waals surface area contributed by atoms with Crippen molar-refractivity contribution >= 4 is 11.6 Å². The number of nitrogens with zero attached hydrogens (tertiary/aromatic N) is 1. The Morgan fingerprint density at radius 2 is 2.05 bits per heavy atom. The first-order chi connectivity index (χ1) is 9.70. The number of aliphatic hydroxyl groups excluding tert-OH is 1. The third kappa shape index (κ3) is 3.44. The van der Waals surface area contributed by atoms with Crippen LogP contribution in [0.5, 0.6) is 0 Å². The van der Waals surface area contributed by atoms with Gasteiger partial charge in [-0.3, -0.25) is 9.78 Å². The molecular formula is C16H14N2O2. The Kier molecular flexibility index (Phi) is 4.48. The van der Waals surface area contributed by atoms with Gasteiger partial charge in [-0.2, -0.15) is 0 Å². The predicted octanol–water partition coefficient (Wildman–Crippen LogP) is 1.99. The van der Waals surface area contributed by atoms with Gasteiger partial charge in [0, 0.05) is 23.5 Å². The molecule has 100 valence electrons. The summed E-state index contributed by atoms with van der Waals surface area (Å²) in [5.41, 5.74) is 2.87. The van der Waals surface area contributed by atoms with Crippen molar-refractivity contribution in [3.63, 3.8) is 0 Å². The van der Waals surface area contributed by atoms with E-state index < -0.39 is 0 Å². The number of amides is 1. The van der Waals surface area contributed by atoms with Gasteiger partial charge >= 0.3 is 0 Å². The number of anilines is 1. The lowest BCUT2D eigenvalue weighted by Gasteiger charge is -2.08. The number of pyridine rings is 1. The van der Waals surface area contributed by atoms with Gasteiger partial charge in [-0.25, -0.2) is 0 Å². The summed E-state index contributed by atoms with van der Waals surface area (Å²) in [4.78, 5) is 16.0. The Morgan fingerprint density at radius 1 is 1.30 bits per heavy atom. The number of hydrogen-bond donors (Lipinski definition) is 2. The molecule has 2 aromatic rings. The molecule has 1 heterocycles. The Morgan fingerprint density at radius 3 is 2.75 bits per heavy atom. The van der Waals surface area contributed by atoms with Crippen molar-refractivity contribution in [2.24, 2.45) is 0 Å². The Hall–Kier alpha value is -2.64. The standard InChI is InChI=1S/C16H14N2O2/c1-12-4-5-15(14(11-12)3-2-10-19)18-16(20)13-6-8-17-9-7-13/h4-9,11,19H,10H2,1H3,(H,18,20). The van der Waals surface area contributed by atoms with Crippen LogP contribution in [0.4, 0.5) is 5.69 Å². The van der Waals surface area contributed by atoms with E-state index in [0.29, 0.717) is 16.8 Å². The highest BCUT2D eigenvalue weighted by Crippen LogP contribution is 2.17. The fourth-order valence-electron chi connectivity index (χ4n) is 1.70. The van der Waals surface area contributed by atoms with Crippen LogP contribution < -0.4 is 5.32 Å². The number of benzene rings is 1. The first-order valence-corrected chi connectivity index (χ1v) is 6.12. The zero-order valence-electron chi connectivity index (χ0n) is 11.1. The molecule has 1 aromatic heterocycles. The average Bonchev–Trinajstić information content (AvgIpc) is 2.48. The minimum absolute atomic E-state index is 0.217. The van der Waals surface area contributed by atoms with Crippen molar-refractivity contribution in [2.45, 2.75) is 6.92 Å². The molecule has 4 nitrogen and oxygen atoms in total. The minimum atomic E-state index is -0.219. The lowest BCUT2D eigenvalue weighted by molar-refractivity contribution is 0.102. The molecule has 0 saturated heterocycles. The number of aromatic nitrogens is 1. The summed E-state index contributed by atoms with van der Waals surface area (Å²) in [7, 11) is 0. The van der Waals surface area contributed by atoms with Crippen molar-refractivity contribution < 1.29 is 9.90 Å². The van der Waals surface area contributed by atoms with Gasteiger partial charge in [0.25, 0.3) is 5.91 Å². The minimum Gasteiger partial charge on any atom is -0.384 e. The number of aryl methyl sites for hydroxylation is 1. The Labute approximate surface area is 117 Å². The maximum absolute atomic E-state index is 12.1. The van der Waals surface area contributed by atoms with Gasteiger partial charge in [0.05, 0.1) is 5.69 Å². The Balaban J connectivity index is 2.27. The number of rotatable bonds is 2. The zero-order valence-corrected chi connectivity index (χ0v) is 11.1. The van der Waals surface area contributed by atoms with E-state index in [1.54, 1.807) is 30.6 Å². The molecule has 0 unspecified atom stereocenters. The lowest BCUT2D eigenvalue weighted by Crippen LogP contribution is -2.12. The highest BCUT2D eigenvalue weighted by atomic mass is 16.2. The molecule has 0 aliphatic rings. The van der Waals surface area contributed by atoms with Crippen LogP contribution >= 0.6 is 0 Å². The summed E-state index contributed by atoms with van der Waals surface area (Å²) in [5.74, 6) is 5.20. The summed E-state index contributed by atoms with van der Waals surface area (Å²) in [6.07, 6.45) is 3.13. The summed E-state index contributed by atoms with van der Waals surface area (Å²) >= 11 is 0. The monoisotopic (exact) mass is 266 g/mol. The molecule has 0 aliphatic heterocycles. The van der Waals surface area contributed by atoms with Crippen LogP contribution in [0.25, 0.3) is 0 Å². The van der Waals surface area contributed by atoms with E-state index in [1.807, 2.05) is 19.1 Å². The average molecular weight is 266 g/mol. The van der Waals surface area contributed by atoms with Gasteiger partial charge in [0.15, 0.2) is 0 Å². The predicted molar refractivity (Wildman–Crippen MR) is 77.3 cm³/mol. The second-order valence-electron chi connectivity index (χ2n) is 4.20. The van der Waals surface area contributed by atoms with Crippen molar-refractivity contribution in [3.05, 3.63) is 59.4 Å². The maximum Gasteiger partial charge on any atom is 0.255 e. The van der Waals surface area contributed by atoms with Crippen LogP contribution in [0.3, 0.4) is 0 Å². The highest BCUT2D eigenvalue weighted by molar-refractivity contribution is 6.04. The summed E-state index contributed by atoms with van der Waals surface area (Å²) in [6.45, 7) is 1.73. The summed E-state index contributed by atoms with van der Waals surface area (Å²) in [6, 6.07) is 8.85. The van der Waals surface area contributed by atoms with E-state index in [1.165, 1.54) is 0 Å². The highest BCUT2D eigenvalue weighted by Gasteiger charge is 2.08. The molecule has 1 amide bonds.